The lowest BCUT2D eigenvalue weighted by atomic mass is 10.0. The Bertz CT molecular complexity index is 763. The number of carbonyl (C=O) groups excluding carboxylic acids is 1. The third kappa shape index (κ3) is 5.43. The molecule has 1 amide bonds. The van der Waals surface area contributed by atoms with Crippen LogP contribution in [-0.2, 0) is 9.53 Å². The predicted molar refractivity (Wildman–Crippen MR) is 103 cm³/mol. The number of hydrogen-bond donors (Lipinski definition) is 1. The molecule has 1 atom stereocenters. The topological polar surface area (TPSA) is 60.0 Å². The molecule has 7 heteroatoms. The molecule has 0 unspecified atom stereocenters. The molecule has 0 radical (unpaired) electrons. The molecule has 0 bridgehead atoms. The van der Waals surface area contributed by atoms with E-state index in [-0.39, 0.29) is 24.4 Å². The molecular weight excluding hydrogens is 363 g/mol. The van der Waals surface area contributed by atoms with Crippen LogP contribution in [0.3, 0.4) is 0 Å². The summed E-state index contributed by atoms with van der Waals surface area (Å²) in [6.07, 6.45) is 0. The fourth-order valence-electron chi connectivity index (χ4n) is 3.17. The first-order valence-corrected chi connectivity index (χ1v) is 9.27. The van der Waals surface area contributed by atoms with E-state index in [2.05, 4.69) is 10.2 Å². The molecule has 150 valence electrons. The molecule has 1 heterocycles. The molecule has 6 nitrogen and oxygen atoms in total. The summed E-state index contributed by atoms with van der Waals surface area (Å²) in [7, 11) is 1.55. The Balaban J connectivity index is 1.59. The summed E-state index contributed by atoms with van der Waals surface area (Å²) < 4.78 is 29.5. The van der Waals surface area contributed by atoms with Crippen LogP contribution in [-0.4, -0.2) is 57.4 Å². The first-order valence-electron chi connectivity index (χ1n) is 9.27. The lowest BCUT2D eigenvalue weighted by molar-refractivity contribution is -0.123. The molecule has 28 heavy (non-hydrogen) atoms. The Kier molecular flexibility index (Phi) is 7.22. The highest BCUT2D eigenvalue weighted by atomic mass is 19.1. The van der Waals surface area contributed by atoms with Gasteiger partial charge < -0.3 is 19.5 Å². The van der Waals surface area contributed by atoms with Gasteiger partial charge >= 0.3 is 0 Å². The number of carbonyl (C=O) groups is 1. The van der Waals surface area contributed by atoms with Gasteiger partial charge in [-0.2, -0.15) is 0 Å². The Hall–Kier alpha value is -2.64. The Morgan fingerprint density at radius 1 is 1.14 bits per heavy atom. The van der Waals surface area contributed by atoms with Gasteiger partial charge in [-0.3, -0.25) is 9.69 Å². The summed E-state index contributed by atoms with van der Waals surface area (Å²) in [5.41, 5.74) is 0.953. The van der Waals surface area contributed by atoms with Gasteiger partial charge in [-0.1, -0.05) is 24.3 Å². The highest BCUT2D eigenvalue weighted by Gasteiger charge is 2.23. The highest BCUT2D eigenvalue weighted by molar-refractivity contribution is 5.77. The van der Waals surface area contributed by atoms with Gasteiger partial charge in [0.1, 0.15) is 5.82 Å². The number of morpholine rings is 1. The number of amides is 1. The fourth-order valence-corrected chi connectivity index (χ4v) is 3.17. The van der Waals surface area contributed by atoms with Gasteiger partial charge in [-0.15, -0.1) is 0 Å². The number of hydrogen-bond acceptors (Lipinski definition) is 5. The minimum Gasteiger partial charge on any atom is -0.493 e. The number of nitrogens with one attached hydrogen (secondary N) is 1. The van der Waals surface area contributed by atoms with Gasteiger partial charge in [-0.25, -0.2) is 4.39 Å². The van der Waals surface area contributed by atoms with Crippen LogP contribution in [0.25, 0.3) is 0 Å². The second kappa shape index (κ2) is 10.1. The second-order valence-corrected chi connectivity index (χ2v) is 6.46. The van der Waals surface area contributed by atoms with Crippen molar-refractivity contribution in [3.63, 3.8) is 0 Å². The summed E-state index contributed by atoms with van der Waals surface area (Å²) in [5.74, 6) is 0.584. The molecule has 3 rings (SSSR count). The van der Waals surface area contributed by atoms with Crippen molar-refractivity contribution in [3.8, 4) is 11.5 Å². The van der Waals surface area contributed by atoms with Crippen LogP contribution in [0.15, 0.2) is 48.5 Å². The Labute approximate surface area is 164 Å². The van der Waals surface area contributed by atoms with Gasteiger partial charge in [-0.05, 0) is 29.8 Å². The monoisotopic (exact) mass is 388 g/mol. The van der Waals surface area contributed by atoms with E-state index in [0.717, 1.165) is 18.7 Å². The standard InChI is InChI=1S/C21H25FN2O4/c1-26-19-4-2-3-5-20(19)28-15-21(25)23-14-18(24-10-12-27-13-11-24)16-6-8-17(22)9-7-16/h2-9,18H,10-15H2,1H3,(H,23,25)/t18-/m1/s1. The van der Waals surface area contributed by atoms with E-state index in [1.54, 1.807) is 31.4 Å². The number of halogens is 1. The van der Waals surface area contributed by atoms with E-state index in [9.17, 15) is 9.18 Å². The van der Waals surface area contributed by atoms with Crippen LogP contribution >= 0.6 is 0 Å². The normalized spacial score (nSPS) is 15.6. The number of methoxy groups -OCH3 is 1. The maximum absolute atomic E-state index is 13.3. The first-order chi connectivity index (χ1) is 13.7. The molecule has 1 aliphatic rings. The third-order valence-corrected chi connectivity index (χ3v) is 4.66. The zero-order valence-electron chi connectivity index (χ0n) is 15.9. The summed E-state index contributed by atoms with van der Waals surface area (Å²) in [6, 6.07) is 13.5. The van der Waals surface area contributed by atoms with Crippen molar-refractivity contribution >= 4 is 5.91 Å². The quantitative estimate of drug-likeness (QED) is 0.753. The molecule has 0 aromatic heterocycles. The second-order valence-electron chi connectivity index (χ2n) is 6.46. The SMILES string of the molecule is COc1ccccc1OCC(=O)NC[C@H](c1ccc(F)cc1)N1CCOCC1. The zero-order valence-corrected chi connectivity index (χ0v) is 15.9. The number of para-hydroxylation sites is 2. The minimum atomic E-state index is -0.279. The van der Waals surface area contributed by atoms with Crippen LogP contribution in [0.4, 0.5) is 4.39 Å². The Morgan fingerprint density at radius 2 is 1.82 bits per heavy atom. The Morgan fingerprint density at radius 3 is 2.50 bits per heavy atom. The maximum Gasteiger partial charge on any atom is 0.258 e. The molecular formula is C21H25FN2O4. The van der Waals surface area contributed by atoms with E-state index in [0.29, 0.717) is 31.3 Å². The van der Waals surface area contributed by atoms with E-state index >= 15 is 0 Å². The molecule has 0 aliphatic carbocycles. The molecule has 0 saturated carbocycles. The van der Waals surface area contributed by atoms with Crippen LogP contribution in [0, 0.1) is 5.82 Å². The number of benzene rings is 2. The van der Waals surface area contributed by atoms with Crippen LogP contribution in [0.2, 0.25) is 0 Å². The van der Waals surface area contributed by atoms with Crippen LogP contribution in [0.5, 0.6) is 11.5 Å². The lowest BCUT2D eigenvalue weighted by Crippen LogP contribution is -2.44. The zero-order chi connectivity index (χ0) is 19.8. The van der Waals surface area contributed by atoms with E-state index in [4.69, 9.17) is 14.2 Å². The molecule has 1 fully saturated rings. The van der Waals surface area contributed by atoms with Crippen molar-refractivity contribution in [2.75, 3.05) is 46.6 Å². The van der Waals surface area contributed by atoms with E-state index < -0.39 is 0 Å². The van der Waals surface area contributed by atoms with Crippen molar-refractivity contribution in [2.45, 2.75) is 6.04 Å². The lowest BCUT2D eigenvalue weighted by Gasteiger charge is -2.35. The average molecular weight is 388 g/mol. The van der Waals surface area contributed by atoms with Gasteiger partial charge in [0, 0.05) is 19.6 Å². The summed E-state index contributed by atoms with van der Waals surface area (Å²) >= 11 is 0. The molecule has 1 aliphatic heterocycles. The van der Waals surface area contributed by atoms with Crippen molar-refractivity contribution in [2.24, 2.45) is 0 Å². The highest BCUT2D eigenvalue weighted by Crippen LogP contribution is 2.25. The summed E-state index contributed by atoms with van der Waals surface area (Å²) in [6.45, 7) is 3.09. The van der Waals surface area contributed by atoms with Crippen molar-refractivity contribution in [1.82, 2.24) is 10.2 Å². The molecule has 1 saturated heterocycles. The van der Waals surface area contributed by atoms with Gasteiger partial charge in [0.25, 0.3) is 5.91 Å². The smallest absolute Gasteiger partial charge is 0.258 e. The minimum absolute atomic E-state index is 0.0558. The predicted octanol–water partition coefficient (Wildman–Crippen LogP) is 2.40. The van der Waals surface area contributed by atoms with Crippen LogP contribution in [0.1, 0.15) is 11.6 Å². The summed E-state index contributed by atoms with van der Waals surface area (Å²) in [4.78, 5) is 14.5. The maximum atomic E-state index is 13.3. The van der Waals surface area contributed by atoms with Crippen molar-refractivity contribution in [1.29, 1.82) is 0 Å². The number of rotatable bonds is 8. The first kappa shape index (κ1) is 20.1. The van der Waals surface area contributed by atoms with Gasteiger partial charge in [0.05, 0.1) is 26.4 Å². The molecule has 2 aromatic carbocycles. The third-order valence-electron chi connectivity index (χ3n) is 4.66. The molecule has 1 N–H and O–H groups in total. The summed E-state index contributed by atoms with van der Waals surface area (Å²) in [5, 5.41) is 2.92. The van der Waals surface area contributed by atoms with Gasteiger partial charge in [0.2, 0.25) is 0 Å². The molecule has 2 aromatic rings. The van der Waals surface area contributed by atoms with Crippen molar-refractivity contribution in [3.05, 3.63) is 59.9 Å². The molecule has 0 spiro atoms. The van der Waals surface area contributed by atoms with E-state index in [1.807, 2.05) is 12.1 Å². The fraction of sp³-hybridized carbons (Fsp3) is 0.381. The van der Waals surface area contributed by atoms with Crippen LogP contribution < -0.4 is 14.8 Å². The average Bonchev–Trinajstić information content (AvgIpc) is 2.74. The van der Waals surface area contributed by atoms with Crippen molar-refractivity contribution < 1.29 is 23.4 Å². The van der Waals surface area contributed by atoms with E-state index in [1.165, 1.54) is 12.1 Å². The largest absolute Gasteiger partial charge is 0.493 e. The van der Waals surface area contributed by atoms with Gasteiger partial charge in [0.15, 0.2) is 18.1 Å². The number of ether oxygens (including phenoxy) is 3. The number of nitrogens with zero attached hydrogens (tertiary/aromatic N) is 1.